The van der Waals surface area contributed by atoms with Crippen molar-refractivity contribution in [3.05, 3.63) is 0 Å². The third-order valence-electron chi connectivity index (χ3n) is 4.59. The molecule has 0 bridgehead atoms. The van der Waals surface area contributed by atoms with Crippen LogP contribution in [0.15, 0.2) is 0 Å². The van der Waals surface area contributed by atoms with Crippen molar-refractivity contribution in [1.29, 1.82) is 0 Å². The molecule has 0 aliphatic carbocycles. The molecule has 160 valence electrons. The number of likely N-dealkylation sites (tertiary alicyclic amines) is 1. The van der Waals surface area contributed by atoms with E-state index in [9.17, 15) is 24.3 Å². The molecule has 1 aliphatic rings. The van der Waals surface area contributed by atoms with Gasteiger partial charge in [-0.05, 0) is 45.1 Å². The van der Waals surface area contributed by atoms with Crippen LogP contribution in [-0.4, -0.2) is 87.6 Å². The fourth-order valence-corrected chi connectivity index (χ4v) is 3.42. The quantitative estimate of drug-likeness (QED) is 0.287. The van der Waals surface area contributed by atoms with E-state index >= 15 is 0 Å². The number of aliphatic hydroxyl groups is 1. The summed E-state index contributed by atoms with van der Waals surface area (Å²) in [6, 6.07) is -3.90. The van der Waals surface area contributed by atoms with Gasteiger partial charge in [0.2, 0.25) is 17.7 Å². The summed E-state index contributed by atoms with van der Waals surface area (Å²) in [5.74, 6) is -2.16. The zero-order valence-electron chi connectivity index (χ0n) is 16.4. The van der Waals surface area contributed by atoms with Crippen LogP contribution in [0.5, 0.6) is 0 Å². The third kappa shape index (κ3) is 6.64. The summed E-state index contributed by atoms with van der Waals surface area (Å²) in [6.45, 7) is 3.07. The lowest BCUT2D eigenvalue weighted by molar-refractivity contribution is -0.145. The van der Waals surface area contributed by atoms with Gasteiger partial charge in [0.15, 0.2) is 6.04 Å². The monoisotopic (exact) mass is 418 g/mol. The number of hydrogen-bond acceptors (Lipinski definition) is 7. The van der Waals surface area contributed by atoms with Gasteiger partial charge < -0.3 is 31.5 Å². The van der Waals surface area contributed by atoms with Crippen molar-refractivity contribution < 1.29 is 29.4 Å². The number of nitrogens with one attached hydrogen (secondary N) is 2. The van der Waals surface area contributed by atoms with E-state index in [-0.39, 0.29) is 5.91 Å². The first-order chi connectivity index (χ1) is 13.1. The minimum absolute atomic E-state index is 0.288. The van der Waals surface area contributed by atoms with Crippen LogP contribution < -0.4 is 16.4 Å². The Morgan fingerprint density at radius 2 is 1.89 bits per heavy atom. The number of nitrogens with zero attached hydrogens (tertiary/aromatic N) is 1. The van der Waals surface area contributed by atoms with Gasteiger partial charge in [-0.1, -0.05) is 0 Å². The molecule has 1 saturated heterocycles. The Bertz CT molecular complexity index is 588. The van der Waals surface area contributed by atoms with Crippen molar-refractivity contribution in [2.24, 2.45) is 5.73 Å². The van der Waals surface area contributed by atoms with Gasteiger partial charge in [-0.25, -0.2) is 4.79 Å². The predicted octanol–water partition coefficient (Wildman–Crippen LogP) is -1.49. The van der Waals surface area contributed by atoms with Gasteiger partial charge in [0, 0.05) is 6.54 Å². The minimum Gasteiger partial charge on any atom is -0.480 e. The summed E-state index contributed by atoms with van der Waals surface area (Å²) in [6.07, 6.45) is 2.26. The summed E-state index contributed by atoms with van der Waals surface area (Å²) in [5, 5.41) is 23.1. The Morgan fingerprint density at radius 3 is 2.43 bits per heavy atom. The van der Waals surface area contributed by atoms with E-state index in [4.69, 9.17) is 10.8 Å². The largest absolute Gasteiger partial charge is 0.480 e. The van der Waals surface area contributed by atoms with E-state index in [1.54, 1.807) is 11.8 Å². The molecule has 28 heavy (non-hydrogen) atoms. The Labute approximate surface area is 168 Å². The van der Waals surface area contributed by atoms with Crippen molar-refractivity contribution in [1.82, 2.24) is 15.5 Å². The Kier molecular flexibility index (Phi) is 9.70. The lowest BCUT2D eigenvalue weighted by atomic mass is 10.1. The average molecular weight is 419 g/mol. The molecule has 0 aromatic carbocycles. The van der Waals surface area contributed by atoms with Crippen molar-refractivity contribution in [3.8, 4) is 0 Å². The molecule has 10 nitrogen and oxygen atoms in total. The van der Waals surface area contributed by atoms with E-state index in [0.29, 0.717) is 25.8 Å². The lowest BCUT2D eigenvalue weighted by Gasteiger charge is -2.28. The summed E-state index contributed by atoms with van der Waals surface area (Å²) < 4.78 is 0. The molecule has 0 aromatic rings. The van der Waals surface area contributed by atoms with E-state index in [0.717, 1.165) is 5.75 Å². The zero-order valence-corrected chi connectivity index (χ0v) is 17.2. The normalized spacial score (nSPS) is 20.8. The van der Waals surface area contributed by atoms with Crippen LogP contribution in [0.4, 0.5) is 0 Å². The highest BCUT2D eigenvalue weighted by atomic mass is 32.2. The number of aliphatic carboxylic acids is 1. The molecule has 0 saturated carbocycles. The second-order valence-electron chi connectivity index (χ2n) is 6.87. The van der Waals surface area contributed by atoms with Gasteiger partial charge in [0.1, 0.15) is 12.1 Å². The number of carbonyl (C=O) groups excluding carboxylic acids is 3. The number of amides is 3. The second kappa shape index (κ2) is 11.2. The Hall–Kier alpha value is -1.85. The maximum absolute atomic E-state index is 12.6. The van der Waals surface area contributed by atoms with E-state index in [2.05, 4.69) is 10.6 Å². The Balaban J connectivity index is 2.68. The number of rotatable bonds is 10. The van der Waals surface area contributed by atoms with Crippen molar-refractivity contribution in [2.45, 2.75) is 63.4 Å². The molecule has 11 heteroatoms. The highest BCUT2D eigenvalue weighted by molar-refractivity contribution is 7.98. The van der Waals surface area contributed by atoms with E-state index < -0.39 is 48.1 Å². The van der Waals surface area contributed by atoms with E-state index in [1.165, 1.54) is 18.7 Å². The van der Waals surface area contributed by atoms with Crippen LogP contribution in [0, 0.1) is 0 Å². The van der Waals surface area contributed by atoms with Crippen LogP contribution >= 0.6 is 11.8 Å². The van der Waals surface area contributed by atoms with Gasteiger partial charge in [0.05, 0.1) is 12.1 Å². The first kappa shape index (κ1) is 24.2. The van der Waals surface area contributed by atoms with Gasteiger partial charge in [-0.2, -0.15) is 11.8 Å². The summed E-state index contributed by atoms with van der Waals surface area (Å²) in [7, 11) is 0. The first-order valence-corrected chi connectivity index (χ1v) is 10.6. The first-order valence-electron chi connectivity index (χ1n) is 9.16. The Morgan fingerprint density at radius 1 is 1.25 bits per heavy atom. The standard InChI is InChI=1S/C17H30N4O6S/c1-9(14(23)20-13(10(2)22)17(26)27)19-15(24)12-5-4-7-21(12)16(25)11(18)6-8-28-3/h9-13,22H,4-8,18H2,1-3H3,(H,19,24)(H,20,23)(H,26,27). The number of aliphatic hydroxyl groups excluding tert-OH is 1. The minimum atomic E-state index is -1.48. The number of thioether (sulfide) groups is 1. The molecular weight excluding hydrogens is 388 g/mol. The smallest absolute Gasteiger partial charge is 0.328 e. The van der Waals surface area contributed by atoms with Crippen LogP contribution in [0.3, 0.4) is 0 Å². The fourth-order valence-electron chi connectivity index (χ4n) is 2.93. The molecule has 0 aromatic heterocycles. The van der Waals surface area contributed by atoms with E-state index in [1.807, 2.05) is 6.26 Å². The molecule has 5 atom stereocenters. The molecule has 5 unspecified atom stereocenters. The number of carbonyl (C=O) groups is 4. The summed E-state index contributed by atoms with van der Waals surface area (Å²) >= 11 is 1.58. The molecule has 1 heterocycles. The molecule has 1 fully saturated rings. The molecular formula is C17H30N4O6S. The summed E-state index contributed by atoms with van der Waals surface area (Å²) in [4.78, 5) is 49.8. The van der Waals surface area contributed by atoms with Crippen molar-refractivity contribution >= 4 is 35.5 Å². The number of carboxylic acid groups (broad SMARTS) is 1. The van der Waals surface area contributed by atoms with Gasteiger partial charge in [-0.15, -0.1) is 0 Å². The highest BCUT2D eigenvalue weighted by Crippen LogP contribution is 2.19. The molecule has 1 rings (SSSR count). The molecule has 1 aliphatic heterocycles. The average Bonchev–Trinajstić information content (AvgIpc) is 3.12. The van der Waals surface area contributed by atoms with Gasteiger partial charge in [-0.3, -0.25) is 14.4 Å². The van der Waals surface area contributed by atoms with Gasteiger partial charge in [0.25, 0.3) is 0 Å². The molecule has 3 amide bonds. The molecule has 0 radical (unpaired) electrons. The van der Waals surface area contributed by atoms with Crippen molar-refractivity contribution in [2.75, 3.05) is 18.6 Å². The zero-order chi connectivity index (χ0) is 21.4. The maximum Gasteiger partial charge on any atom is 0.328 e. The summed E-state index contributed by atoms with van der Waals surface area (Å²) in [5.41, 5.74) is 5.93. The van der Waals surface area contributed by atoms with Crippen LogP contribution in [0.25, 0.3) is 0 Å². The topological polar surface area (TPSA) is 162 Å². The number of carboxylic acids is 1. The van der Waals surface area contributed by atoms with Crippen LogP contribution in [0.1, 0.15) is 33.1 Å². The fraction of sp³-hybridized carbons (Fsp3) is 0.765. The second-order valence-corrected chi connectivity index (χ2v) is 7.86. The number of nitrogens with two attached hydrogens (primary N) is 1. The van der Waals surface area contributed by atoms with Gasteiger partial charge >= 0.3 is 5.97 Å². The maximum atomic E-state index is 12.6. The van der Waals surface area contributed by atoms with Crippen LogP contribution in [-0.2, 0) is 19.2 Å². The SMILES string of the molecule is CSCCC(N)C(=O)N1CCCC1C(=O)NC(C)C(=O)NC(C(=O)O)C(C)O. The third-order valence-corrected chi connectivity index (χ3v) is 5.23. The van der Waals surface area contributed by atoms with Crippen LogP contribution in [0.2, 0.25) is 0 Å². The molecule has 0 spiro atoms. The predicted molar refractivity (Wildman–Crippen MR) is 105 cm³/mol. The number of hydrogen-bond donors (Lipinski definition) is 5. The molecule has 6 N–H and O–H groups in total. The lowest BCUT2D eigenvalue weighted by Crippen LogP contribution is -2.57. The van der Waals surface area contributed by atoms with Crippen molar-refractivity contribution in [3.63, 3.8) is 0 Å². The highest BCUT2D eigenvalue weighted by Gasteiger charge is 2.37.